The number of fused-ring (bicyclic) bond motifs is 1. The first-order valence-electron chi connectivity index (χ1n) is 4.23. The maximum atomic E-state index is 8.32. The van der Waals surface area contributed by atoms with Crippen molar-refractivity contribution in [2.24, 2.45) is 0 Å². The van der Waals surface area contributed by atoms with Crippen LogP contribution in [-0.2, 0) is 0 Å². The van der Waals surface area contributed by atoms with Crippen LogP contribution in [0.5, 0.6) is 0 Å². The van der Waals surface area contributed by atoms with E-state index in [9.17, 15) is 0 Å². The SMILES string of the molecule is N#CCC#Cc1ccc2occc2c1. The van der Waals surface area contributed by atoms with Gasteiger partial charge in [0, 0.05) is 10.9 Å². The molecule has 1 aromatic carbocycles. The van der Waals surface area contributed by atoms with Gasteiger partial charge in [0.05, 0.1) is 18.8 Å². The molecule has 0 spiro atoms. The van der Waals surface area contributed by atoms with Crippen LogP contribution in [0.4, 0.5) is 0 Å². The van der Waals surface area contributed by atoms with Gasteiger partial charge in [-0.2, -0.15) is 5.26 Å². The Morgan fingerprint density at radius 1 is 1.29 bits per heavy atom. The van der Waals surface area contributed by atoms with Crippen LogP contribution >= 0.6 is 0 Å². The summed E-state index contributed by atoms with van der Waals surface area (Å²) in [6.45, 7) is 0. The van der Waals surface area contributed by atoms with Gasteiger partial charge in [0.25, 0.3) is 0 Å². The number of rotatable bonds is 0. The van der Waals surface area contributed by atoms with E-state index in [2.05, 4.69) is 11.8 Å². The minimum atomic E-state index is 0.267. The van der Waals surface area contributed by atoms with E-state index in [1.807, 2.05) is 30.3 Å². The van der Waals surface area contributed by atoms with Crippen LogP contribution in [-0.4, -0.2) is 0 Å². The molecule has 0 bridgehead atoms. The normalized spacial score (nSPS) is 9.07. The average Bonchev–Trinajstić information content (AvgIpc) is 2.65. The van der Waals surface area contributed by atoms with Crippen molar-refractivity contribution in [2.75, 3.05) is 0 Å². The van der Waals surface area contributed by atoms with Gasteiger partial charge in [0.1, 0.15) is 5.58 Å². The summed E-state index contributed by atoms with van der Waals surface area (Å²) in [6, 6.07) is 9.59. The zero-order valence-electron chi connectivity index (χ0n) is 7.45. The van der Waals surface area contributed by atoms with Crippen LogP contribution in [0, 0.1) is 23.2 Å². The highest BCUT2D eigenvalue weighted by molar-refractivity contribution is 5.78. The third kappa shape index (κ3) is 1.60. The van der Waals surface area contributed by atoms with E-state index in [1.54, 1.807) is 6.26 Å². The molecule has 1 heterocycles. The highest BCUT2D eigenvalue weighted by Gasteiger charge is 1.95. The van der Waals surface area contributed by atoms with Crippen molar-refractivity contribution in [3.8, 4) is 17.9 Å². The molecular weight excluding hydrogens is 174 g/mol. The van der Waals surface area contributed by atoms with E-state index in [0.29, 0.717) is 0 Å². The summed E-state index contributed by atoms with van der Waals surface area (Å²) in [5.41, 5.74) is 1.77. The first kappa shape index (κ1) is 8.41. The Morgan fingerprint density at radius 2 is 2.21 bits per heavy atom. The Hall–Kier alpha value is -2.19. The van der Waals surface area contributed by atoms with Gasteiger partial charge in [-0.3, -0.25) is 0 Å². The fourth-order valence-corrected chi connectivity index (χ4v) is 1.23. The van der Waals surface area contributed by atoms with E-state index in [0.717, 1.165) is 16.5 Å². The second kappa shape index (κ2) is 3.68. The largest absolute Gasteiger partial charge is 0.464 e. The monoisotopic (exact) mass is 181 g/mol. The van der Waals surface area contributed by atoms with Gasteiger partial charge in [0.15, 0.2) is 0 Å². The van der Waals surface area contributed by atoms with Gasteiger partial charge in [-0.15, -0.1) is 0 Å². The Balaban J connectivity index is 2.37. The average molecular weight is 181 g/mol. The smallest absolute Gasteiger partial charge is 0.133 e. The molecular formula is C12H7NO. The molecule has 2 nitrogen and oxygen atoms in total. The molecule has 14 heavy (non-hydrogen) atoms. The fourth-order valence-electron chi connectivity index (χ4n) is 1.23. The molecule has 0 fully saturated rings. The second-order valence-corrected chi connectivity index (χ2v) is 2.81. The third-order valence-electron chi connectivity index (χ3n) is 1.85. The van der Waals surface area contributed by atoms with Gasteiger partial charge >= 0.3 is 0 Å². The van der Waals surface area contributed by atoms with E-state index in [1.165, 1.54) is 0 Å². The van der Waals surface area contributed by atoms with Crippen molar-refractivity contribution in [3.05, 3.63) is 36.1 Å². The molecule has 0 N–H and O–H groups in total. The van der Waals surface area contributed by atoms with Crippen LogP contribution in [0.3, 0.4) is 0 Å². The molecule has 66 valence electrons. The lowest BCUT2D eigenvalue weighted by Crippen LogP contribution is -1.72. The first-order valence-corrected chi connectivity index (χ1v) is 4.23. The molecule has 0 saturated carbocycles. The lowest BCUT2D eigenvalue weighted by Gasteiger charge is -1.89. The number of hydrogen-bond acceptors (Lipinski definition) is 2. The molecule has 0 atom stereocenters. The van der Waals surface area contributed by atoms with Crippen LogP contribution in [0.2, 0.25) is 0 Å². The quantitative estimate of drug-likeness (QED) is 0.586. The number of benzene rings is 1. The van der Waals surface area contributed by atoms with Crippen molar-refractivity contribution in [3.63, 3.8) is 0 Å². The first-order chi connectivity index (χ1) is 6.90. The molecule has 1 aromatic heterocycles. The molecule has 2 aromatic rings. The van der Waals surface area contributed by atoms with Crippen molar-refractivity contribution in [2.45, 2.75) is 6.42 Å². The molecule has 0 aliphatic heterocycles. The Kier molecular flexibility index (Phi) is 2.21. The molecule has 0 aliphatic rings. The molecule has 0 radical (unpaired) electrons. The summed E-state index contributed by atoms with van der Waals surface area (Å²) < 4.78 is 5.20. The number of hydrogen-bond donors (Lipinski definition) is 0. The lowest BCUT2D eigenvalue weighted by molar-refractivity contribution is 0.616. The minimum absolute atomic E-state index is 0.267. The summed E-state index contributed by atoms with van der Waals surface area (Å²) in [4.78, 5) is 0. The Morgan fingerprint density at radius 3 is 3.07 bits per heavy atom. The maximum absolute atomic E-state index is 8.32. The van der Waals surface area contributed by atoms with Crippen molar-refractivity contribution in [1.29, 1.82) is 5.26 Å². The number of nitriles is 1. The summed E-state index contributed by atoms with van der Waals surface area (Å²) >= 11 is 0. The minimum Gasteiger partial charge on any atom is -0.464 e. The topological polar surface area (TPSA) is 36.9 Å². The molecule has 0 aliphatic carbocycles. The van der Waals surface area contributed by atoms with E-state index in [-0.39, 0.29) is 6.42 Å². The van der Waals surface area contributed by atoms with Gasteiger partial charge in [-0.05, 0) is 24.3 Å². The second-order valence-electron chi connectivity index (χ2n) is 2.81. The highest BCUT2D eigenvalue weighted by atomic mass is 16.3. The molecule has 2 rings (SSSR count). The maximum Gasteiger partial charge on any atom is 0.133 e. The summed E-state index contributed by atoms with van der Waals surface area (Å²) in [5, 5.41) is 9.35. The number of nitrogens with zero attached hydrogens (tertiary/aromatic N) is 1. The van der Waals surface area contributed by atoms with Gasteiger partial charge in [0.2, 0.25) is 0 Å². The summed E-state index contributed by atoms with van der Waals surface area (Å²) in [5.74, 6) is 5.68. The lowest BCUT2D eigenvalue weighted by atomic mass is 10.1. The summed E-state index contributed by atoms with van der Waals surface area (Å²) in [7, 11) is 0. The van der Waals surface area contributed by atoms with Gasteiger partial charge in [-0.1, -0.05) is 11.8 Å². The molecule has 0 unspecified atom stereocenters. The fraction of sp³-hybridized carbons (Fsp3) is 0.0833. The Bertz CT molecular complexity index is 549. The zero-order valence-corrected chi connectivity index (χ0v) is 7.45. The predicted molar refractivity (Wildman–Crippen MR) is 53.3 cm³/mol. The molecule has 2 heteroatoms. The zero-order chi connectivity index (χ0) is 9.80. The van der Waals surface area contributed by atoms with Crippen LogP contribution < -0.4 is 0 Å². The summed E-state index contributed by atoms with van der Waals surface area (Å²) in [6.07, 6.45) is 1.92. The van der Waals surface area contributed by atoms with Gasteiger partial charge < -0.3 is 4.42 Å². The highest BCUT2D eigenvalue weighted by Crippen LogP contribution is 2.16. The molecule has 0 amide bonds. The standard InChI is InChI=1S/C12H7NO/c13-7-2-1-3-10-4-5-12-11(9-10)6-8-14-12/h4-6,8-9H,2H2. The van der Waals surface area contributed by atoms with Crippen molar-refractivity contribution >= 4 is 11.0 Å². The van der Waals surface area contributed by atoms with Gasteiger partial charge in [-0.25, -0.2) is 0 Å². The van der Waals surface area contributed by atoms with Crippen LogP contribution in [0.15, 0.2) is 34.9 Å². The molecule has 0 saturated heterocycles. The van der Waals surface area contributed by atoms with E-state index < -0.39 is 0 Å². The van der Waals surface area contributed by atoms with Crippen molar-refractivity contribution in [1.82, 2.24) is 0 Å². The number of furan rings is 1. The van der Waals surface area contributed by atoms with E-state index in [4.69, 9.17) is 9.68 Å². The van der Waals surface area contributed by atoms with E-state index >= 15 is 0 Å². The Labute approximate surface area is 81.8 Å². The van der Waals surface area contributed by atoms with Crippen LogP contribution in [0.1, 0.15) is 12.0 Å². The third-order valence-corrected chi connectivity index (χ3v) is 1.85. The van der Waals surface area contributed by atoms with Crippen molar-refractivity contribution < 1.29 is 4.42 Å². The predicted octanol–water partition coefficient (Wildman–Crippen LogP) is 2.70. The van der Waals surface area contributed by atoms with Crippen LogP contribution in [0.25, 0.3) is 11.0 Å².